The van der Waals surface area contributed by atoms with E-state index in [4.69, 9.17) is 11.2 Å². The molecule has 5 heterocycles. The Morgan fingerprint density at radius 3 is 2.34 bits per heavy atom. The van der Waals surface area contributed by atoms with Gasteiger partial charge in [0.25, 0.3) is 0 Å². The van der Waals surface area contributed by atoms with E-state index in [1.54, 1.807) is 31.3 Å². The van der Waals surface area contributed by atoms with Crippen molar-refractivity contribution < 1.29 is 58.9 Å². The molecule has 0 aliphatic carbocycles. The molecule has 62 heavy (non-hydrogen) atoms. The van der Waals surface area contributed by atoms with Crippen LogP contribution in [0.1, 0.15) is 49.9 Å². The number of hydrogen-bond donors (Lipinski definition) is 1. The van der Waals surface area contributed by atoms with Crippen LogP contribution in [-0.2, 0) is 45.5 Å². The molecule has 0 radical (unpaired) electrons. The normalized spacial score (nSPS) is 15.7. The lowest BCUT2D eigenvalue weighted by molar-refractivity contribution is -0.777. The van der Waals surface area contributed by atoms with E-state index >= 15 is 8.78 Å². The topological polar surface area (TPSA) is 200 Å². The number of benzene rings is 3. The van der Waals surface area contributed by atoms with E-state index in [2.05, 4.69) is 20.6 Å². The summed E-state index contributed by atoms with van der Waals surface area (Å²) >= 11 is 3.17. The van der Waals surface area contributed by atoms with Gasteiger partial charge in [-0.25, -0.2) is 30.2 Å². The Balaban J connectivity index is 1.52. The minimum atomic E-state index is -5.81. The number of hydrogen-bond acceptors (Lipinski definition) is 16. The van der Waals surface area contributed by atoms with E-state index in [1.165, 1.54) is 23.5 Å². The summed E-state index contributed by atoms with van der Waals surface area (Å²) < 4.78 is 124. The van der Waals surface area contributed by atoms with Gasteiger partial charge in [-0.15, -0.1) is 40.9 Å². The molecule has 0 spiro atoms. The van der Waals surface area contributed by atoms with Gasteiger partial charge in [0.15, 0.2) is 5.54 Å². The number of ether oxygens (including phenoxy) is 1. The molecule has 0 bridgehead atoms. The molecule has 3 aromatic carbocycles. The Morgan fingerprint density at radius 1 is 0.968 bits per heavy atom. The summed E-state index contributed by atoms with van der Waals surface area (Å²) in [5.74, 6) is -1.68. The standard InChI is InChI=1S/C40H33F2N3O11S6/c1-8-9-43-30(46)17-57-29-14-24(41)38(62(51,52)53)34(35(29)42)33-20-10-18-25(44(6)39(2,3)22-12-31(58-36(18)22)60-56-55-47)15-27(20)54-28-16-26-19(11-21(28)33)37-23(40(4,5)45(26)7)13-32(59-37)61(48,49)50/h1,10-16H,9,17H2,2-7H3,(H3-,43,46,47,48,49,50,51,52,53)/p-2. The summed E-state index contributed by atoms with van der Waals surface area (Å²) in [6, 6.07) is 9.97. The van der Waals surface area contributed by atoms with Crippen LogP contribution in [0.4, 0.5) is 14.5 Å². The first-order valence-corrected chi connectivity index (χ1v) is 24.3. The van der Waals surface area contributed by atoms with Gasteiger partial charge in [0.05, 0.1) is 50.6 Å². The maximum atomic E-state index is 17.5. The van der Waals surface area contributed by atoms with Crippen LogP contribution in [0.25, 0.3) is 26.5 Å². The molecule has 0 atom stereocenters. The Hall–Kier alpha value is -4.38. The maximum absolute atomic E-state index is 17.5. The number of nitrogens with zero attached hydrogens (tertiary/aromatic N) is 2. The van der Waals surface area contributed by atoms with Crippen molar-refractivity contribution in [3.05, 3.63) is 86.9 Å². The number of nitrogens with one attached hydrogen (secondary N) is 1. The number of terminal acetylenes is 1. The van der Waals surface area contributed by atoms with Gasteiger partial charge in [0.1, 0.15) is 59.5 Å². The molecule has 2 aromatic heterocycles. The lowest BCUT2D eigenvalue weighted by atomic mass is 9.83. The molecule has 3 aliphatic heterocycles. The van der Waals surface area contributed by atoms with E-state index in [-0.39, 0.29) is 34.4 Å². The van der Waals surface area contributed by atoms with Gasteiger partial charge < -0.3 is 29.3 Å². The van der Waals surface area contributed by atoms with E-state index in [0.717, 1.165) is 5.56 Å². The van der Waals surface area contributed by atoms with Crippen molar-refractivity contribution in [1.82, 2.24) is 9.89 Å². The fourth-order valence-electron chi connectivity index (χ4n) is 7.87. The van der Waals surface area contributed by atoms with Crippen LogP contribution in [0, 0.1) is 24.0 Å². The van der Waals surface area contributed by atoms with E-state index in [9.17, 15) is 36.0 Å². The Kier molecular flexibility index (Phi) is 11.0. The van der Waals surface area contributed by atoms with Crippen molar-refractivity contribution in [3.8, 4) is 44.7 Å². The van der Waals surface area contributed by atoms with Crippen molar-refractivity contribution in [3.63, 3.8) is 0 Å². The van der Waals surface area contributed by atoms with Crippen molar-refractivity contribution in [2.24, 2.45) is 0 Å². The molecule has 1 N–H and O–H groups in total. The van der Waals surface area contributed by atoms with Gasteiger partial charge in [0.2, 0.25) is 11.3 Å². The quantitative estimate of drug-likeness (QED) is 0.0377. The summed E-state index contributed by atoms with van der Waals surface area (Å²) in [5, 5.41) is 17.2. The predicted molar refractivity (Wildman–Crippen MR) is 225 cm³/mol. The third-order valence-electron chi connectivity index (χ3n) is 11.4. The van der Waals surface area contributed by atoms with Crippen molar-refractivity contribution in [1.29, 1.82) is 0 Å². The van der Waals surface area contributed by atoms with Gasteiger partial charge in [-0.2, -0.15) is 4.33 Å². The van der Waals surface area contributed by atoms with Gasteiger partial charge in [0, 0.05) is 75.5 Å². The van der Waals surface area contributed by atoms with Crippen LogP contribution in [0.3, 0.4) is 0 Å². The second kappa shape index (κ2) is 15.4. The zero-order chi connectivity index (χ0) is 45.0. The molecule has 0 saturated heterocycles. The van der Waals surface area contributed by atoms with E-state index in [1.807, 2.05) is 44.2 Å². The highest BCUT2D eigenvalue weighted by atomic mass is 32.3. The number of carbonyl (C=O) groups excluding carboxylic acids is 1. The van der Waals surface area contributed by atoms with E-state index in [0.29, 0.717) is 82.9 Å². The zero-order valence-electron chi connectivity index (χ0n) is 33.1. The monoisotopic (exact) mass is 959 g/mol. The number of thioether (sulfide) groups is 1. The first-order valence-electron chi connectivity index (χ1n) is 18.1. The Labute approximate surface area is 370 Å². The summed E-state index contributed by atoms with van der Waals surface area (Å²) in [6.45, 7) is 7.41. The van der Waals surface area contributed by atoms with Crippen LogP contribution in [0.5, 0.6) is 11.5 Å². The third-order valence-corrected chi connectivity index (χ3v) is 17.5. The average molecular weight is 960 g/mol. The lowest BCUT2D eigenvalue weighted by Crippen LogP contribution is -2.46. The molecule has 0 fully saturated rings. The van der Waals surface area contributed by atoms with Crippen molar-refractivity contribution >= 4 is 83.9 Å². The third kappa shape index (κ3) is 7.12. The minimum absolute atomic E-state index is 0.0135. The molecule has 1 amide bonds. The number of rotatable bonds is 10. The number of anilines is 1. The van der Waals surface area contributed by atoms with Gasteiger partial charge in [-0.05, 0) is 49.7 Å². The summed E-state index contributed by atoms with van der Waals surface area (Å²) in [6.07, 6.45) is 5.24. The molecule has 22 heteroatoms. The first kappa shape index (κ1) is 44.2. The highest BCUT2D eigenvalue weighted by Crippen LogP contribution is 2.55. The number of thiophene rings is 2. The molecular formula is C40H31F2N3O11S6-2. The predicted octanol–water partition coefficient (Wildman–Crippen LogP) is 4.71. The second-order valence-electron chi connectivity index (χ2n) is 15.3. The van der Waals surface area contributed by atoms with Crippen molar-refractivity contribution in [2.45, 2.75) is 57.0 Å². The molecule has 8 rings (SSSR count). The molecule has 0 saturated carbocycles. The van der Waals surface area contributed by atoms with Crippen molar-refractivity contribution in [2.75, 3.05) is 31.3 Å². The number of fused-ring (bicyclic) bond motifs is 8. The average Bonchev–Trinajstić information content (AvgIpc) is 3.86. The van der Waals surface area contributed by atoms with Gasteiger partial charge in [-0.1, -0.05) is 5.92 Å². The number of carbonyl (C=O) groups is 1. The van der Waals surface area contributed by atoms with E-state index < -0.39 is 74.2 Å². The molecule has 3 aliphatic rings. The highest BCUT2D eigenvalue weighted by Gasteiger charge is 2.43. The fraction of sp³-hybridized carbons (Fsp3) is 0.250. The summed E-state index contributed by atoms with van der Waals surface area (Å²) in [7, 11) is -7.17. The molecular weight excluding hydrogens is 929 g/mol. The highest BCUT2D eigenvalue weighted by molar-refractivity contribution is 8.00. The molecule has 324 valence electrons. The van der Waals surface area contributed by atoms with Crippen LogP contribution < -0.4 is 35.4 Å². The van der Waals surface area contributed by atoms with Gasteiger partial charge >= 0.3 is 0 Å². The number of amides is 1. The van der Waals surface area contributed by atoms with Crippen LogP contribution in [-0.4, -0.2) is 58.2 Å². The van der Waals surface area contributed by atoms with Crippen LogP contribution in [0.15, 0.2) is 60.7 Å². The first-order chi connectivity index (χ1) is 29.0. The summed E-state index contributed by atoms with van der Waals surface area (Å²) in [5.41, 5.74) is -0.0169. The van der Waals surface area contributed by atoms with Crippen LogP contribution >= 0.6 is 46.5 Å². The minimum Gasteiger partial charge on any atom is -0.744 e. The SMILES string of the molecule is C#CCNC(=O)CSc1cc(F)c(S(=O)(=O)[O-])c(C2=c3cc4c(cc3Oc3cc5c(cc32)-c2sc(SOO[O-])cc2C(C)(C)N5C)=[N+](C)C(C)(C)c2cc(S(=O)(=O)[O-])sc2-4)c1F. The Morgan fingerprint density at radius 2 is 1.68 bits per heavy atom. The Bertz CT molecular complexity index is 3210. The number of halogens is 2. The smallest absolute Gasteiger partial charge is 0.231 e. The molecule has 0 unspecified atom stereocenters. The largest absolute Gasteiger partial charge is 0.744 e. The second-order valence-corrected chi connectivity index (χ2v) is 22.4. The molecule has 14 nitrogen and oxygen atoms in total. The van der Waals surface area contributed by atoms with Gasteiger partial charge in [-0.3, -0.25) is 9.83 Å². The zero-order valence-corrected chi connectivity index (χ0v) is 38.0. The lowest BCUT2D eigenvalue weighted by Gasteiger charge is -2.43. The maximum Gasteiger partial charge on any atom is 0.231 e. The molecule has 5 aromatic rings. The summed E-state index contributed by atoms with van der Waals surface area (Å²) in [4.78, 5) is 13.5. The van der Waals surface area contributed by atoms with Crippen LogP contribution in [0.2, 0.25) is 0 Å². The fourth-order valence-corrected chi connectivity index (χ4v) is 13.2.